The smallest absolute Gasteiger partial charge is 0.263 e. The van der Waals surface area contributed by atoms with E-state index in [1.54, 1.807) is 37.4 Å². The number of hydrogen-bond donors (Lipinski definition) is 3. The summed E-state index contributed by atoms with van der Waals surface area (Å²) in [7, 11) is -4.60. The number of alkyl halides is 3. The van der Waals surface area contributed by atoms with Crippen LogP contribution in [0.1, 0.15) is 25.3 Å². The van der Waals surface area contributed by atoms with Crippen LogP contribution in [0.3, 0.4) is 0 Å². The van der Waals surface area contributed by atoms with Gasteiger partial charge in [-0.2, -0.15) is 0 Å². The summed E-state index contributed by atoms with van der Waals surface area (Å²) in [5.74, 6) is -5.19. The number of nitrogens with one attached hydrogen (secondary N) is 3. The number of pyridine rings is 1. The largest absolute Gasteiger partial charge is 0.437 e. The van der Waals surface area contributed by atoms with Gasteiger partial charge in [-0.15, -0.1) is 0 Å². The summed E-state index contributed by atoms with van der Waals surface area (Å²) in [5.41, 5.74) is 1.13. The first-order chi connectivity index (χ1) is 20.4. The van der Waals surface area contributed by atoms with Crippen LogP contribution in [0.2, 0.25) is 0 Å². The van der Waals surface area contributed by atoms with Crippen LogP contribution in [0.5, 0.6) is 11.6 Å². The Hall–Kier alpha value is -4.04. The average Bonchev–Trinajstić information content (AvgIpc) is 2.96. The van der Waals surface area contributed by atoms with Gasteiger partial charge < -0.3 is 15.4 Å². The maximum atomic E-state index is 14.9. The minimum absolute atomic E-state index is 0.113. The lowest BCUT2D eigenvalue weighted by atomic mass is 10.0. The molecule has 43 heavy (non-hydrogen) atoms. The highest BCUT2D eigenvalue weighted by Gasteiger charge is 2.34. The number of anilines is 2. The zero-order valence-electron chi connectivity index (χ0n) is 23.4. The van der Waals surface area contributed by atoms with E-state index in [4.69, 9.17) is 4.74 Å². The number of rotatable bonds is 10. The van der Waals surface area contributed by atoms with Crippen molar-refractivity contribution in [3.63, 3.8) is 0 Å². The Kier molecular flexibility index (Phi) is 8.69. The average molecular weight is 619 g/mol. The quantitative estimate of drug-likeness (QED) is 0.190. The molecule has 3 N–H and O–H groups in total. The summed E-state index contributed by atoms with van der Waals surface area (Å²) in [6.45, 7) is 3.78. The number of hydrogen-bond acceptors (Lipinski definition) is 8. The number of benzene rings is 2. The fraction of sp³-hybridized carbons (Fsp3) is 0.345. The molecule has 1 aliphatic rings. The van der Waals surface area contributed by atoms with Gasteiger partial charge >= 0.3 is 0 Å². The summed E-state index contributed by atoms with van der Waals surface area (Å²) >= 11 is 0. The van der Waals surface area contributed by atoms with Gasteiger partial charge in [-0.3, -0.25) is 4.72 Å². The van der Waals surface area contributed by atoms with Crippen LogP contribution < -0.4 is 20.1 Å². The Morgan fingerprint density at radius 1 is 1.07 bits per heavy atom. The van der Waals surface area contributed by atoms with Gasteiger partial charge in [0, 0.05) is 55.1 Å². The van der Waals surface area contributed by atoms with E-state index >= 15 is 0 Å². The standard InChI is InChI=1S/C29H30F4N6O3S/c1-3-29(32,33)16-43(40,41)39-25-20-7-6-17(2)26(21(20)8-9-23(25)31)42-27-22(5-4-11-35-27)24-10-12-36-28(38-24)37-19-13-18(30)14-34-15-19/h4-12,18-19,34,39H,3,13-16H2,1-2H3,(H,36,37,38)/t18-,19-/m1/s1. The molecule has 5 rings (SSSR count). The highest BCUT2D eigenvalue weighted by atomic mass is 32.2. The molecule has 0 radical (unpaired) electrons. The molecular weight excluding hydrogens is 588 g/mol. The number of aryl methyl sites for hydroxylation is 1. The SMILES string of the molecule is CCC(F)(F)CS(=O)(=O)Nc1c(F)ccc2c(Oc3ncccc3-c3ccnc(N[C@H]4CNC[C@H](F)C4)n3)c(C)ccc12. The van der Waals surface area contributed by atoms with E-state index in [2.05, 4.69) is 25.6 Å². The van der Waals surface area contributed by atoms with Crippen molar-refractivity contribution in [1.82, 2.24) is 20.3 Å². The monoisotopic (exact) mass is 618 g/mol. The molecule has 14 heteroatoms. The highest BCUT2D eigenvalue weighted by molar-refractivity contribution is 7.92. The van der Waals surface area contributed by atoms with Crippen LogP contribution in [0, 0.1) is 12.7 Å². The summed E-state index contributed by atoms with van der Waals surface area (Å²) < 4.78 is 89.9. The zero-order chi connectivity index (χ0) is 30.8. The summed E-state index contributed by atoms with van der Waals surface area (Å²) in [6, 6.07) is 10.4. The third-order valence-electron chi connectivity index (χ3n) is 7.00. The van der Waals surface area contributed by atoms with Crippen LogP contribution in [0.15, 0.2) is 54.9 Å². The third-order valence-corrected chi connectivity index (χ3v) is 8.32. The van der Waals surface area contributed by atoms with Crippen molar-refractivity contribution in [2.75, 3.05) is 28.9 Å². The van der Waals surface area contributed by atoms with Crippen molar-refractivity contribution in [2.24, 2.45) is 0 Å². The molecule has 0 amide bonds. The maximum absolute atomic E-state index is 14.9. The number of sulfonamides is 1. The van der Waals surface area contributed by atoms with E-state index in [0.29, 0.717) is 47.7 Å². The molecule has 0 aliphatic carbocycles. The van der Waals surface area contributed by atoms with Crippen molar-refractivity contribution in [1.29, 1.82) is 0 Å². The fourth-order valence-electron chi connectivity index (χ4n) is 4.80. The molecular formula is C29H30F4N6O3S. The van der Waals surface area contributed by atoms with Gasteiger partial charge in [0.05, 0.1) is 16.9 Å². The molecule has 3 heterocycles. The lowest BCUT2D eigenvalue weighted by Crippen LogP contribution is -2.44. The second kappa shape index (κ2) is 12.3. The Bertz CT molecular complexity index is 1740. The van der Waals surface area contributed by atoms with Gasteiger partial charge in [0.15, 0.2) is 0 Å². The topological polar surface area (TPSA) is 118 Å². The first kappa shape index (κ1) is 30.4. The number of halogens is 4. The van der Waals surface area contributed by atoms with Gasteiger partial charge in [-0.25, -0.2) is 40.9 Å². The molecule has 2 aromatic heterocycles. The number of aromatic nitrogens is 3. The zero-order valence-corrected chi connectivity index (χ0v) is 24.2. The van der Waals surface area contributed by atoms with Gasteiger partial charge in [0.25, 0.3) is 5.92 Å². The Labute approximate surface area is 246 Å². The number of piperidine rings is 1. The molecule has 0 unspecified atom stereocenters. The predicted octanol–water partition coefficient (Wildman–Crippen LogP) is 5.83. The predicted molar refractivity (Wildman–Crippen MR) is 156 cm³/mol. The first-order valence-corrected chi connectivity index (χ1v) is 15.3. The third kappa shape index (κ3) is 7.13. The van der Waals surface area contributed by atoms with Crippen LogP contribution >= 0.6 is 0 Å². The van der Waals surface area contributed by atoms with Crippen LogP contribution in [0.25, 0.3) is 22.0 Å². The van der Waals surface area contributed by atoms with Crippen LogP contribution in [-0.2, 0) is 10.0 Å². The molecule has 228 valence electrons. The van der Waals surface area contributed by atoms with E-state index in [0.717, 1.165) is 6.07 Å². The second-order valence-corrected chi connectivity index (χ2v) is 12.1. The lowest BCUT2D eigenvalue weighted by Gasteiger charge is -2.26. The molecule has 1 fully saturated rings. The van der Waals surface area contributed by atoms with E-state index < -0.39 is 45.8 Å². The maximum Gasteiger partial charge on any atom is 0.263 e. The van der Waals surface area contributed by atoms with E-state index in [9.17, 15) is 26.0 Å². The lowest BCUT2D eigenvalue weighted by molar-refractivity contribution is 0.0219. The molecule has 0 spiro atoms. The molecule has 1 aliphatic heterocycles. The molecule has 4 aromatic rings. The van der Waals surface area contributed by atoms with E-state index in [1.807, 2.05) is 4.72 Å². The summed E-state index contributed by atoms with van der Waals surface area (Å²) in [6.07, 6.45) is 1.73. The number of ether oxygens (including phenoxy) is 1. The van der Waals surface area contributed by atoms with Crippen molar-refractivity contribution in [2.45, 2.75) is 44.8 Å². The molecule has 1 saturated heterocycles. The molecule has 0 saturated carbocycles. The Morgan fingerprint density at radius 2 is 1.86 bits per heavy atom. The van der Waals surface area contributed by atoms with Crippen molar-refractivity contribution in [3.8, 4) is 22.9 Å². The second-order valence-electron chi connectivity index (χ2n) is 10.4. The van der Waals surface area contributed by atoms with E-state index in [-0.39, 0.29) is 23.1 Å². The highest BCUT2D eigenvalue weighted by Crippen LogP contribution is 2.40. The molecule has 2 atom stereocenters. The normalized spacial score (nSPS) is 17.5. The number of nitrogens with zero attached hydrogens (tertiary/aromatic N) is 3. The van der Waals surface area contributed by atoms with Gasteiger partial charge in [0.2, 0.25) is 21.9 Å². The number of fused-ring (bicyclic) bond motifs is 1. The minimum Gasteiger partial charge on any atom is -0.437 e. The molecule has 2 aromatic carbocycles. The van der Waals surface area contributed by atoms with Crippen LogP contribution in [0.4, 0.5) is 29.2 Å². The van der Waals surface area contributed by atoms with Gasteiger partial charge in [-0.05, 0) is 42.8 Å². The van der Waals surface area contributed by atoms with Gasteiger partial charge in [-0.1, -0.05) is 19.1 Å². The Balaban J connectivity index is 1.48. The molecule has 0 bridgehead atoms. The minimum atomic E-state index is -4.60. The van der Waals surface area contributed by atoms with Gasteiger partial charge in [0.1, 0.15) is 23.5 Å². The molecule has 9 nitrogen and oxygen atoms in total. The van der Waals surface area contributed by atoms with Crippen molar-refractivity contribution >= 4 is 32.4 Å². The first-order valence-electron chi connectivity index (χ1n) is 13.6. The van der Waals surface area contributed by atoms with E-state index in [1.165, 1.54) is 25.3 Å². The van der Waals surface area contributed by atoms with Crippen molar-refractivity contribution < 1.29 is 30.7 Å². The fourth-order valence-corrected chi connectivity index (χ4v) is 6.15. The Morgan fingerprint density at radius 3 is 2.63 bits per heavy atom. The summed E-state index contributed by atoms with van der Waals surface area (Å²) in [5, 5.41) is 6.61. The van der Waals surface area contributed by atoms with Crippen molar-refractivity contribution in [3.05, 3.63) is 66.2 Å². The van der Waals surface area contributed by atoms with Crippen LogP contribution in [-0.4, -0.2) is 60.3 Å². The summed E-state index contributed by atoms with van der Waals surface area (Å²) in [4.78, 5) is 13.2.